The highest BCUT2D eigenvalue weighted by atomic mass is 16.5. The van der Waals surface area contributed by atoms with E-state index < -0.39 is 0 Å². The van der Waals surface area contributed by atoms with Gasteiger partial charge in [0.2, 0.25) is 0 Å². The van der Waals surface area contributed by atoms with Crippen molar-refractivity contribution in [3.63, 3.8) is 0 Å². The number of nitrogens with zero attached hydrogens (tertiary/aromatic N) is 3. The highest BCUT2D eigenvalue weighted by Crippen LogP contribution is 2.33. The minimum absolute atomic E-state index is 0.0282. The minimum Gasteiger partial charge on any atom is -0.497 e. The zero-order valence-corrected chi connectivity index (χ0v) is 32.9. The van der Waals surface area contributed by atoms with Crippen LogP contribution in [0.5, 0.6) is 52.5 Å². The van der Waals surface area contributed by atoms with E-state index in [4.69, 9.17) is 28.4 Å². The van der Waals surface area contributed by atoms with Gasteiger partial charge in [-0.2, -0.15) is 0 Å². The highest BCUT2D eigenvalue weighted by molar-refractivity contribution is 5.41. The third kappa shape index (κ3) is 9.51. The van der Waals surface area contributed by atoms with Crippen molar-refractivity contribution in [2.45, 2.75) is 38.5 Å². The van der Waals surface area contributed by atoms with E-state index in [0.29, 0.717) is 17.2 Å². The summed E-state index contributed by atoms with van der Waals surface area (Å²) in [5, 5.41) is 0. The summed E-state index contributed by atoms with van der Waals surface area (Å²) in [6, 6.07) is 47.9. The summed E-state index contributed by atoms with van der Waals surface area (Å²) in [6.07, 6.45) is 0. The van der Waals surface area contributed by atoms with Gasteiger partial charge in [-0.1, -0.05) is 93.6 Å². The molecular formula is C48H45N3O6. The first kappa shape index (κ1) is 38.4. The van der Waals surface area contributed by atoms with Crippen molar-refractivity contribution in [3.8, 4) is 52.5 Å². The van der Waals surface area contributed by atoms with Gasteiger partial charge in [-0.15, -0.1) is 15.0 Å². The van der Waals surface area contributed by atoms with Crippen molar-refractivity contribution < 1.29 is 28.4 Å². The fourth-order valence-corrected chi connectivity index (χ4v) is 6.50. The van der Waals surface area contributed by atoms with Crippen LogP contribution in [0.4, 0.5) is 0 Å². The molecule has 0 spiro atoms. The molecule has 9 nitrogen and oxygen atoms in total. The Kier molecular flexibility index (Phi) is 11.9. The van der Waals surface area contributed by atoms with Crippen molar-refractivity contribution in [2.75, 3.05) is 21.3 Å². The largest absolute Gasteiger partial charge is 0.497 e. The molecular weight excluding hydrogens is 715 g/mol. The van der Waals surface area contributed by atoms with Crippen LogP contribution in [0.25, 0.3) is 0 Å². The molecule has 0 aliphatic rings. The highest BCUT2D eigenvalue weighted by Gasteiger charge is 2.16. The molecule has 0 aliphatic carbocycles. The molecule has 3 unspecified atom stereocenters. The molecule has 57 heavy (non-hydrogen) atoms. The summed E-state index contributed by atoms with van der Waals surface area (Å²) >= 11 is 0. The van der Waals surface area contributed by atoms with Crippen LogP contribution >= 0.6 is 0 Å². The Bertz CT molecular complexity index is 2070. The van der Waals surface area contributed by atoms with E-state index in [-0.39, 0.29) is 35.8 Å². The van der Waals surface area contributed by atoms with Crippen LogP contribution in [-0.4, -0.2) is 36.3 Å². The lowest BCUT2D eigenvalue weighted by Crippen LogP contribution is -2.02. The smallest absolute Gasteiger partial charge is 0.331 e. The van der Waals surface area contributed by atoms with Gasteiger partial charge in [0.25, 0.3) is 0 Å². The predicted molar refractivity (Wildman–Crippen MR) is 221 cm³/mol. The first-order valence-corrected chi connectivity index (χ1v) is 18.8. The Morgan fingerprint density at radius 3 is 0.632 bits per heavy atom. The van der Waals surface area contributed by atoms with Crippen LogP contribution in [0, 0.1) is 0 Å². The summed E-state index contributed by atoms with van der Waals surface area (Å²) < 4.78 is 34.5. The van der Waals surface area contributed by atoms with Crippen molar-refractivity contribution in [3.05, 3.63) is 179 Å². The van der Waals surface area contributed by atoms with Gasteiger partial charge in [0.05, 0.1) is 21.3 Å². The van der Waals surface area contributed by atoms with E-state index in [1.165, 1.54) is 16.7 Å². The molecule has 7 aromatic rings. The second-order valence-electron chi connectivity index (χ2n) is 13.7. The molecule has 9 heteroatoms. The molecule has 0 saturated carbocycles. The number of benzene rings is 6. The molecule has 288 valence electrons. The molecule has 0 bridgehead atoms. The van der Waals surface area contributed by atoms with Crippen molar-refractivity contribution >= 4 is 0 Å². The predicted octanol–water partition coefficient (Wildman–Crippen LogP) is 11.7. The molecule has 0 radical (unpaired) electrons. The molecule has 1 heterocycles. The normalized spacial score (nSPS) is 12.5. The van der Waals surface area contributed by atoms with Crippen LogP contribution in [0.3, 0.4) is 0 Å². The zero-order valence-electron chi connectivity index (χ0n) is 32.9. The molecule has 0 fully saturated rings. The second-order valence-corrected chi connectivity index (χ2v) is 13.7. The number of ether oxygens (including phenoxy) is 6. The van der Waals surface area contributed by atoms with Gasteiger partial charge in [0.1, 0.15) is 34.5 Å². The average molecular weight is 760 g/mol. The van der Waals surface area contributed by atoms with Gasteiger partial charge in [-0.05, 0) is 106 Å². The summed E-state index contributed by atoms with van der Waals surface area (Å²) in [5.74, 6) is 4.63. The topological polar surface area (TPSA) is 94.1 Å². The van der Waals surface area contributed by atoms with Crippen LogP contribution in [0.15, 0.2) is 146 Å². The molecule has 0 N–H and O–H groups in total. The standard InChI is InChI=1S/C48H45N3O6/c1-31(34-7-19-40(52-4)20-8-34)37-13-25-43(26-14-37)55-46-49-47(56-44-27-15-38(16-28-44)32(2)35-9-21-41(53-5)22-10-35)51-48(50-46)57-45-29-17-39(18-30-45)33(3)36-11-23-42(54-6)24-12-36/h7-33H,1-6H3. The third-order valence-electron chi connectivity index (χ3n) is 10.2. The fraction of sp³-hybridized carbons (Fsp3) is 0.188. The van der Waals surface area contributed by atoms with E-state index >= 15 is 0 Å². The lowest BCUT2D eigenvalue weighted by Gasteiger charge is -2.15. The Hall–Kier alpha value is -6.87. The minimum atomic E-state index is 0.0282. The van der Waals surface area contributed by atoms with Gasteiger partial charge >= 0.3 is 18.0 Å². The lowest BCUT2D eigenvalue weighted by molar-refractivity contribution is 0.362. The average Bonchev–Trinajstić information content (AvgIpc) is 3.26. The Balaban J connectivity index is 1.11. The van der Waals surface area contributed by atoms with Crippen LogP contribution < -0.4 is 28.4 Å². The number of methoxy groups -OCH3 is 3. The van der Waals surface area contributed by atoms with Gasteiger partial charge < -0.3 is 28.4 Å². The summed E-state index contributed by atoms with van der Waals surface area (Å²) in [6.45, 7) is 6.49. The summed E-state index contributed by atoms with van der Waals surface area (Å²) in [7, 11) is 5.00. The second kappa shape index (κ2) is 17.7. The van der Waals surface area contributed by atoms with Gasteiger partial charge in [-0.25, -0.2) is 0 Å². The van der Waals surface area contributed by atoms with Crippen molar-refractivity contribution in [1.29, 1.82) is 0 Å². The molecule has 0 saturated heterocycles. The first-order chi connectivity index (χ1) is 27.8. The van der Waals surface area contributed by atoms with Crippen molar-refractivity contribution in [1.82, 2.24) is 15.0 Å². The Morgan fingerprint density at radius 1 is 0.281 bits per heavy atom. The Labute approximate surface area is 333 Å². The monoisotopic (exact) mass is 759 g/mol. The van der Waals surface area contributed by atoms with Crippen LogP contribution in [0.1, 0.15) is 71.9 Å². The molecule has 3 atom stereocenters. The van der Waals surface area contributed by atoms with E-state index in [0.717, 1.165) is 33.9 Å². The molecule has 1 aromatic heterocycles. The van der Waals surface area contributed by atoms with Gasteiger partial charge in [0, 0.05) is 17.8 Å². The quantitative estimate of drug-likeness (QED) is 0.101. The first-order valence-electron chi connectivity index (χ1n) is 18.8. The van der Waals surface area contributed by atoms with E-state index in [1.54, 1.807) is 21.3 Å². The summed E-state index contributed by atoms with van der Waals surface area (Å²) in [5.41, 5.74) is 6.92. The maximum atomic E-state index is 6.18. The molecule has 0 amide bonds. The van der Waals surface area contributed by atoms with E-state index in [9.17, 15) is 0 Å². The maximum absolute atomic E-state index is 6.18. The zero-order chi connectivity index (χ0) is 39.7. The number of rotatable bonds is 15. The van der Waals surface area contributed by atoms with Crippen LogP contribution in [0.2, 0.25) is 0 Å². The lowest BCUT2D eigenvalue weighted by atomic mass is 9.93. The van der Waals surface area contributed by atoms with Crippen molar-refractivity contribution in [2.24, 2.45) is 0 Å². The van der Waals surface area contributed by atoms with E-state index in [2.05, 4.69) is 72.1 Å². The number of aromatic nitrogens is 3. The van der Waals surface area contributed by atoms with E-state index in [1.807, 2.05) is 109 Å². The van der Waals surface area contributed by atoms with Gasteiger partial charge in [-0.3, -0.25) is 0 Å². The maximum Gasteiger partial charge on any atom is 0.331 e. The third-order valence-corrected chi connectivity index (χ3v) is 10.2. The Morgan fingerprint density at radius 2 is 0.456 bits per heavy atom. The SMILES string of the molecule is COc1ccc(C(C)c2ccc(Oc3nc(Oc4ccc(C(C)c5ccc(OC)cc5)cc4)nc(Oc4ccc(C(C)c5ccc(OC)cc5)cc4)n3)cc2)cc1. The number of hydrogen-bond acceptors (Lipinski definition) is 9. The fourth-order valence-electron chi connectivity index (χ4n) is 6.50. The molecule has 0 aliphatic heterocycles. The molecule has 6 aromatic carbocycles. The van der Waals surface area contributed by atoms with Crippen LogP contribution in [-0.2, 0) is 0 Å². The number of hydrogen-bond donors (Lipinski definition) is 0. The van der Waals surface area contributed by atoms with Gasteiger partial charge in [0.15, 0.2) is 0 Å². The molecule has 7 rings (SSSR count). The summed E-state index contributed by atoms with van der Waals surface area (Å²) in [4.78, 5) is 13.5.